The van der Waals surface area contributed by atoms with Crippen molar-refractivity contribution in [2.24, 2.45) is 0 Å². The number of hydrogen-bond acceptors (Lipinski definition) is 5. The van der Waals surface area contributed by atoms with Crippen LogP contribution in [-0.2, 0) is 5.41 Å². The topological polar surface area (TPSA) is 22.9 Å². The van der Waals surface area contributed by atoms with Crippen LogP contribution in [0.4, 0.5) is 51.2 Å². The van der Waals surface area contributed by atoms with E-state index in [9.17, 15) is 2.74 Å². The van der Waals surface area contributed by atoms with Crippen LogP contribution in [0.5, 0.6) is 0 Å². The fourth-order valence-corrected chi connectivity index (χ4v) is 11.4. The molecule has 370 valence electrons. The molecule has 0 fully saturated rings. The molecule has 0 spiro atoms. The highest BCUT2D eigenvalue weighted by atomic mass is 35.5. The van der Waals surface area contributed by atoms with Crippen molar-refractivity contribution in [3.05, 3.63) is 270 Å². The van der Waals surface area contributed by atoms with Crippen LogP contribution in [0.2, 0.25) is 5.02 Å². The summed E-state index contributed by atoms with van der Waals surface area (Å²) < 4.78 is 53.5. The molecule has 4 nitrogen and oxygen atoms in total. The average Bonchev–Trinajstić information content (AvgIpc) is 4.22. The van der Waals surface area contributed by atoms with E-state index in [1.807, 2.05) is 79.7 Å². The summed E-state index contributed by atoms with van der Waals surface area (Å²) in [5.74, 6) is 0.777. The molecule has 0 aliphatic carbocycles. The zero-order valence-corrected chi connectivity index (χ0v) is 44.4. The Hall–Kier alpha value is -8.61. The number of fused-ring (bicyclic) bond motifs is 2. The smallest absolute Gasteiger partial charge is 0.158 e. The fraction of sp³-hybridized carbons (Fsp3) is 0.0857. The van der Waals surface area contributed by atoms with E-state index < -0.39 is 18.1 Å². The number of anilines is 9. The maximum absolute atomic E-state index is 9.51. The summed E-state index contributed by atoms with van der Waals surface area (Å²) in [6.45, 7) is 10.6. The molecule has 12 aromatic rings. The van der Waals surface area contributed by atoms with Crippen molar-refractivity contribution < 1.29 is 11.3 Å². The first kappa shape index (κ1) is 42.7. The van der Waals surface area contributed by atoms with Gasteiger partial charge in [0.1, 0.15) is 5.76 Å². The van der Waals surface area contributed by atoms with E-state index in [1.54, 1.807) is 11.3 Å². The summed E-state index contributed by atoms with van der Waals surface area (Å²) in [6, 6.07) is 70.6. The molecule has 0 amide bonds. The summed E-state index contributed by atoms with van der Waals surface area (Å²) in [6.07, 6.45) is 0. The van der Waals surface area contributed by atoms with Crippen LogP contribution in [-0.4, -0.2) is 0 Å². The first-order valence-corrected chi connectivity index (χ1v) is 26.7. The third-order valence-electron chi connectivity index (χ3n) is 14.2. The van der Waals surface area contributed by atoms with Gasteiger partial charge in [-0.3, -0.25) is 0 Å². The van der Waals surface area contributed by atoms with Crippen molar-refractivity contribution >= 4 is 95.2 Å². The Morgan fingerprint density at radius 1 is 0.447 bits per heavy atom. The third kappa shape index (κ3) is 9.12. The van der Waals surface area contributed by atoms with Crippen LogP contribution in [0.3, 0.4) is 0 Å². The highest BCUT2D eigenvalue weighted by molar-refractivity contribution is 7.17. The molecular formula is C70H56ClN3OS. The van der Waals surface area contributed by atoms with E-state index in [4.69, 9.17) is 20.1 Å². The van der Waals surface area contributed by atoms with Gasteiger partial charge in [-0.2, -0.15) is 0 Å². The van der Waals surface area contributed by atoms with Gasteiger partial charge < -0.3 is 19.1 Å². The van der Waals surface area contributed by atoms with E-state index >= 15 is 0 Å². The van der Waals surface area contributed by atoms with Crippen molar-refractivity contribution in [2.45, 2.75) is 40.0 Å². The van der Waals surface area contributed by atoms with E-state index in [0.29, 0.717) is 33.2 Å². The summed E-state index contributed by atoms with van der Waals surface area (Å²) >= 11 is 9.94. The number of halogens is 1. The van der Waals surface area contributed by atoms with Crippen LogP contribution in [0.25, 0.3) is 54.4 Å². The number of rotatable bonds is 12. The molecule has 2 heterocycles. The van der Waals surface area contributed by atoms with Gasteiger partial charge in [0.15, 0.2) is 5.58 Å². The van der Waals surface area contributed by atoms with Crippen molar-refractivity contribution in [3.63, 3.8) is 0 Å². The van der Waals surface area contributed by atoms with Crippen molar-refractivity contribution in [3.8, 4) is 33.4 Å². The Morgan fingerprint density at radius 3 is 1.72 bits per heavy atom. The standard InChI is InChI=1S/C70H56ClN3OS/c1-47-48(2)75-69-59(47)33-21-35-63(69)74(66-46-76-67-41-36-52(42-61(66)67)49-22-10-6-11-23-49)65-44-53(50-24-12-7-13-25-50)43-64(68(65)71)73(56-39-37-54(38-40-56)70(3,4)5)58-31-20-30-57(45-58)72(55-28-16-9-17-29-55)62-34-19-18-32-60(62)51-26-14-8-15-27-51/h6-46H,1-5H3/i7D,12D,13D,24D,25D. The van der Waals surface area contributed by atoms with Crippen molar-refractivity contribution in [1.82, 2.24) is 0 Å². The van der Waals surface area contributed by atoms with E-state index in [1.165, 1.54) is 0 Å². The number of aryl methyl sites for hydroxylation is 2. The predicted octanol–water partition coefficient (Wildman–Crippen LogP) is 21.6. The lowest BCUT2D eigenvalue weighted by Gasteiger charge is -2.33. The quantitative estimate of drug-likeness (QED) is 0.122. The monoisotopic (exact) mass is 1030 g/mol. The number of para-hydroxylation sites is 3. The summed E-state index contributed by atoms with van der Waals surface area (Å²) in [7, 11) is 0. The van der Waals surface area contributed by atoms with Crippen LogP contribution in [0.1, 0.15) is 44.5 Å². The van der Waals surface area contributed by atoms with Crippen LogP contribution in [0, 0.1) is 13.8 Å². The Morgan fingerprint density at radius 2 is 1.03 bits per heavy atom. The van der Waals surface area contributed by atoms with Gasteiger partial charge in [-0.15, -0.1) is 11.3 Å². The van der Waals surface area contributed by atoms with Gasteiger partial charge >= 0.3 is 0 Å². The normalized spacial score (nSPS) is 12.5. The summed E-state index contributed by atoms with van der Waals surface area (Å²) in [5.41, 5.74) is 14.1. The van der Waals surface area contributed by atoms with Gasteiger partial charge in [0.05, 0.1) is 40.3 Å². The minimum Gasteiger partial charge on any atom is -0.459 e. The highest BCUT2D eigenvalue weighted by Crippen LogP contribution is 2.53. The molecule has 0 aliphatic heterocycles. The maximum Gasteiger partial charge on any atom is 0.158 e. The van der Waals surface area contributed by atoms with E-state index in [0.717, 1.165) is 88.7 Å². The van der Waals surface area contributed by atoms with Crippen LogP contribution in [0.15, 0.2) is 252 Å². The molecule has 0 bridgehead atoms. The SMILES string of the molecule is [2H]c1c([2H])c([2H])c(-c2cc(N(c3ccc(C(C)(C)C)cc3)c3cccc(N(c4ccccc4)c4ccccc4-c4ccccc4)c3)c(Cl)c(N(c3csc4ccc(-c5ccccc5)cc34)c3cccc4c(C)c(C)oc34)c2)c([2H])c1[2H]. The van der Waals surface area contributed by atoms with E-state index in [-0.39, 0.29) is 23.1 Å². The number of furan rings is 1. The summed E-state index contributed by atoms with van der Waals surface area (Å²) in [4.78, 5) is 6.51. The lowest BCUT2D eigenvalue weighted by atomic mass is 9.87. The molecule has 0 radical (unpaired) electrons. The lowest BCUT2D eigenvalue weighted by molar-refractivity contribution is 0.575. The second kappa shape index (κ2) is 20.3. The van der Waals surface area contributed by atoms with Crippen molar-refractivity contribution in [1.29, 1.82) is 0 Å². The molecule has 0 atom stereocenters. The Bertz CT molecular complexity index is 4300. The fourth-order valence-electron chi connectivity index (χ4n) is 10.2. The number of benzene rings is 10. The predicted molar refractivity (Wildman–Crippen MR) is 325 cm³/mol. The van der Waals surface area contributed by atoms with E-state index in [2.05, 4.69) is 187 Å². The summed E-state index contributed by atoms with van der Waals surface area (Å²) in [5, 5.41) is 4.36. The minimum absolute atomic E-state index is 0.0362. The zero-order chi connectivity index (χ0) is 56.3. The second-order valence-electron chi connectivity index (χ2n) is 20.0. The second-order valence-corrected chi connectivity index (χ2v) is 21.3. The number of thiophene rings is 1. The van der Waals surface area contributed by atoms with Crippen LogP contribution >= 0.6 is 22.9 Å². The van der Waals surface area contributed by atoms with Crippen molar-refractivity contribution in [2.75, 3.05) is 14.7 Å². The zero-order valence-electron chi connectivity index (χ0n) is 47.8. The molecule has 2 aromatic heterocycles. The minimum atomic E-state index is -0.479. The van der Waals surface area contributed by atoms with Gasteiger partial charge in [0.25, 0.3) is 0 Å². The molecule has 0 saturated heterocycles. The van der Waals surface area contributed by atoms with Crippen LogP contribution < -0.4 is 14.7 Å². The van der Waals surface area contributed by atoms with Gasteiger partial charge in [0.2, 0.25) is 0 Å². The van der Waals surface area contributed by atoms with Gasteiger partial charge in [0, 0.05) is 49.2 Å². The molecule has 0 saturated carbocycles. The highest BCUT2D eigenvalue weighted by Gasteiger charge is 2.29. The molecule has 76 heavy (non-hydrogen) atoms. The Balaban J connectivity index is 1.18. The largest absolute Gasteiger partial charge is 0.459 e. The first-order valence-electron chi connectivity index (χ1n) is 27.9. The lowest BCUT2D eigenvalue weighted by Crippen LogP contribution is -2.16. The Kier molecular flexibility index (Phi) is 11.4. The average molecular weight is 1030 g/mol. The maximum atomic E-state index is 9.51. The molecule has 0 unspecified atom stereocenters. The number of nitrogens with zero attached hydrogens (tertiary/aromatic N) is 3. The van der Waals surface area contributed by atoms with Gasteiger partial charge in [-0.1, -0.05) is 196 Å². The molecule has 6 heteroatoms. The van der Waals surface area contributed by atoms with Gasteiger partial charge in [-0.05, 0) is 137 Å². The first-order chi connectivity index (χ1) is 39.2. The Labute approximate surface area is 462 Å². The molecule has 12 rings (SSSR count). The molecule has 0 N–H and O–H groups in total. The molecule has 0 aliphatic rings. The third-order valence-corrected chi connectivity index (χ3v) is 15.5. The number of hydrogen-bond donors (Lipinski definition) is 0. The van der Waals surface area contributed by atoms with Gasteiger partial charge in [-0.25, -0.2) is 0 Å². The molecular weight excluding hydrogens is 966 g/mol. The molecule has 10 aromatic carbocycles.